The van der Waals surface area contributed by atoms with Gasteiger partial charge in [-0.15, -0.1) is 5.92 Å². The van der Waals surface area contributed by atoms with Crippen LogP contribution in [-0.4, -0.2) is 5.11 Å². The average Bonchev–Trinajstić information content (AvgIpc) is 1.95. The highest BCUT2D eigenvalue weighted by Gasteiger charge is 1.85. The van der Waals surface area contributed by atoms with E-state index in [-0.39, 0.29) is 5.75 Å². The number of phenolic OH excluding ortho intramolecular Hbond substituents is 1. The molecular formula is C9H8O. The van der Waals surface area contributed by atoms with Crippen molar-refractivity contribution in [3.8, 4) is 17.6 Å². The average molecular weight is 132 g/mol. The predicted molar refractivity (Wildman–Crippen MR) is 40.7 cm³/mol. The molecule has 0 aromatic heterocycles. The molecule has 0 saturated carbocycles. The van der Waals surface area contributed by atoms with E-state index in [1.54, 1.807) is 31.2 Å². The van der Waals surface area contributed by atoms with Crippen molar-refractivity contribution in [1.82, 2.24) is 0 Å². The Morgan fingerprint density at radius 3 is 2.30 bits per heavy atom. The van der Waals surface area contributed by atoms with Crippen molar-refractivity contribution in [3.05, 3.63) is 29.8 Å². The molecule has 0 atom stereocenters. The molecule has 0 unspecified atom stereocenters. The number of phenols is 1. The lowest BCUT2D eigenvalue weighted by atomic mass is 10.2. The third-order valence-corrected chi connectivity index (χ3v) is 1.14. The van der Waals surface area contributed by atoms with E-state index in [1.165, 1.54) is 0 Å². The molecule has 0 aliphatic carbocycles. The van der Waals surface area contributed by atoms with Gasteiger partial charge in [-0.05, 0) is 31.2 Å². The van der Waals surface area contributed by atoms with Gasteiger partial charge in [0.05, 0.1) is 0 Å². The fourth-order valence-electron chi connectivity index (χ4n) is 0.689. The Morgan fingerprint density at radius 1 is 1.20 bits per heavy atom. The molecule has 0 aliphatic heterocycles. The number of benzene rings is 1. The lowest BCUT2D eigenvalue weighted by Crippen LogP contribution is -1.70. The molecule has 1 rings (SSSR count). The van der Waals surface area contributed by atoms with E-state index >= 15 is 0 Å². The number of hydrogen-bond acceptors (Lipinski definition) is 1. The first-order chi connectivity index (χ1) is 4.83. The molecule has 0 heterocycles. The van der Waals surface area contributed by atoms with Crippen molar-refractivity contribution in [2.24, 2.45) is 0 Å². The summed E-state index contributed by atoms with van der Waals surface area (Å²) in [7, 11) is 0. The fourth-order valence-corrected chi connectivity index (χ4v) is 0.689. The topological polar surface area (TPSA) is 20.2 Å². The minimum Gasteiger partial charge on any atom is -0.508 e. The second kappa shape index (κ2) is 2.93. The van der Waals surface area contributed by atoms with Gasteiger partial charge in [-0.1, -0.05) is 5.92 Å². The third-order valence-electron chi connectivity index (χ3n) is 1.14. The molecule has 0 bridgehead atoms. The van der Waals surface area contributed by atoms with E-state index in [2.05, 4.69) is 11.8 Å². The molecule has 1 N–H and O–H groups in total. The van der Waals surface area contributed by atoms with Gasteiger partial charge in [0.1, 0.15) is 5.75 Å². The Morgan fingerprint density at radius 2 is 1.80 bits per heavy atom. The van der Waals surface area contributed by atoms with E-state index in [1.807, 2.05) is 0 Å². The van der Waals surface area contributed by atoms with Crippen LogP contribution in [0.2, 0.25) is 0 Å². The Labute approximate surface area is 60.3 Å². The maximum absolute atomic E-state index is 8.88. The van der Waals surface area contributed by atoms with Gasteiger partial charge >= 0.3 is 0 Å². The van der Waals surface area contributed by atoms with E-state index in [0.29, 0.717) is 0 Å². The van der Waals surface area contributed by atoms with Crippen molar-refractivity contribution in [1.29, 1.82) is 0 Å². The van der Waals surface area contributed by atoms with Crippen LogP contribution in [0.3, 0.4) is 0 Å². The van der Waals surface area contributed by atoms with Gasteiger partial charge in [0.15, 0.2) is 0 Å². The van der Waals surface area contributed by atoms with Crippen LogP contribution < -0.4 is 0 Å². The molecule has 1 heteroatoms. The highest BCUT2D eigenvalue weighted by molar-refractivity contribution is 5.37. The highest BCUT2D eigenvalue weighted by Crippen LogP contribution is 2.07. The maximum Gasteiger partial charge on any atom is 0.115 e. The van der Waals surface area contributed by atoms with Crippen LogP contribution in [0.1, 0.15) is 12.5 Å². The summed E-state index contributed by atoms with van der Waals surface area (Å²) in [6, 6.07) is 6.82. The zero-order valence-electron chi connectivity index (χ0n) is 5.76. The van der Waals surface area contributed by atoms with Crippen LogP contribution >= 0.6 is 0 Å². The van der Waals surface area contributed by atoms with Crippen molar-refractivity contribution < 1.29 is 5.11 Å². The van der Waals surface area contributed by atoms with E-state index in [9.17, 15) is 0 Å². The molecule has 50 valence electrons. The quantitative estimate of drug-likeness (QED) is 0.533. The molecule has 0 radical (unpaired) electrons. The molecular weight excluding hydrogens is 124 g/mol. The first-order valence-corrected chi connectivity index (χ1v) is 3.04. The molecule has 0 saturated heterocycles. The third kappa shape index (κ3) is 1.53. The van der Waals surface area contributed by atoms with Crippen LogP contribution in [0.15, 0.2) is 24.3 Å². The van der Waals surface area contributed by atoms with Crippen LogP contribution in [0.25, 0.3) is 0 Å². The van der Waals surface area contributed by atoms with Crippen molar-refractivity contribution in [2.75, 3.05) is 0 Å². The molecule has 0 fully saturated rings. The minimum atomic E-state index is 0.279. The normalized spacial score (nSPS) is 8.10. The Kier molecular flexibility index (Phi) is 1.96. The van der Waals surface area contributed by atoms with E-state index in [0.717, 1.165) is 5.56 Å². The van der Waals surface area contributed by atoms with Crippen molar-refractivity contribution in [2.45, 2.75) is 6.92 Å². The van der Waals surface area contributed by atoms with Gasteiger partial charge < -0.3 is 5.11 Å². The zero-order chi connectivity index (χ0) is 7.40. The molecule has 1 aromatic carbocycles. The second-order valence-corrected chi connectivity index (χ2v) is 1.92. The van der Waals surface area contributed by atoms with Gasteiger partial charge in [-0.25, -0.2) is 0 Å². The number of rotatable bonds is 0. The number of aromatic hydroxyl groups is 1. The van der Waals surface area contributed by atoms with Crippen LogP contribution in [0.5, 0.6) is 5.75 Å². The lowest BCUT2D eigenvalue weighted by molar-refractivity contribution is 0.475. The standard InChI is InChI=1S/C9H8O/c1-2-3-8-4-6-9(10)7-5-8/h4-7,10H,1H3. The summed E-state index contributed by atoms with van der Waals surface area (Å²) in [5.41, 5.74) is 0.931. The molecule has 10 heavy (non-hydrogen) atoms. The van der Waals surface area contributed by atoms with Gasteiger partial charge in [0.25, 0.3) is 0 Å². The van der Waals surface area contributed by atoms with Crippen LogP contribution in [0, 0.1) is 11.8 Å². The summed E-state index contributed by atoms with van der Waals surface area (Å²) in [6.07, 6.45) is 0. The van der Waals surface area contributed by atoms with Crippen molar-refractivity contribution in [3.63, 3.8) is 0 Å². The summed E-state index contributed by atoms with van der Waals surface area (Å²) >= 11 is 0. The van der Waals surface area contributed by atoms with Gasteiger partial charge in [-0.3, -0.25) is 0 Å². The maximum atomic E-state index is 8.88. The highest BCUT2D eigenvalue weighted by atomic mass is 16.3. The smallest absolute Gasteiger partial charge is 0.115 e. The Balaban J connectivity index is 2.97. The molecule has 0 amide bonds. The van der Waals surface area contributed by atoms with Crippen LogP contribution in [-0.2, 0) is 0 Å². The Hall–Kier alpha value is -1.42. The molecule has 1 aromatic rings. The second-order valence-electron chi connectivity index (χ2n) is 1.92. The summed E-state index contributed by atoms with van der Waals surface area (Å²) < 4.78 is 0. The Bertz CT molecular complexity index is 261. The monoisotopic (exact) mass is 132 g/mol. The van der Waals surface area contributed by atoms with Gasteiger partial charge in [0.2, 0.25) is 0 Å². The zero-order valence-corrected chi connectivity index (χ0v) is 5.76. The fraction of sp³-hybridized carbons (Fsp3) is 0.111. The molecule has 0 spiro atoms. The molecule has 0 aliphatic rings. The first-order valence-electron chi connectivity index (χ1n) is 3.04. The molecule has 1 nitrogen and oxygen atoms in total. The van der Waals surface area contributed by atoms with Crippen LogP contribution in [0.4, 0.5) is 0 Å². The lowest BCUT2D eigenvalue weighted by Gasteiger charge is -1.89. The minimum absolute atomic E-state index is 0.279. The van der Waals surface area contributed by atoms with Crippen molar-refractivity contribution >= 4 is 0 Å². The van der Waals surface area contributed by atoms with Gasteiger partial charge in [-0.2, -0.15) is 0 Å². The summed E-state index contributed by atoms with van der Waals surface area (Å²) in [5.74, 6) is 5.92. The summed E-state index contributed by atoms with van der Waals surface area (Å²) in [4.78, 5) is 0. The first kappa shape index (κ1) is 6.70. The SMILES string of the molecule is CC#Cc1ccc(O)cc1. The van der Waals surface area contributed by atoms with E-state index in [4.69, 9.17) is 5.11 Å². The largest absolute Gasteiger partial charge is 0.508 e. The summed E-state index contributed by atoms with van der Waals surface area (Å²) in [6.45, 7) is 1.78. The summed E-state index contributed by atoms with van der Waals surface area (Å²) in [5, 5.41) is 8.88. The number of hydrogen-bond donors (Lipinski definition) is 1. The van der Waals surface area contributed by atoms with E-state index < -0.39 is 0 Å². The van der Waals surface area contributed by atoms with Gasteiger partial charge in [0, 0.05) is 5.56 Å². The predicted octanol–water partition coefficient (Wildman–Crippen LogP) is 1.76.